The SMILES string of the molecule is CCOC(=O)C(C)CC(C)C.CCOC(=O)C(CC(C)C)n1cc(CCN2CC(F)C2)c(C)cc1=O.Cc1cc(=O)[nH]cc1CCN1CC(F)C1. The molecule has 288 valence electrons. The summed E-state index contributed by atoms with van der Waals surface area (Å²) in [7, 11) is 0. The molecule has 0 aromatic carbocycles. The molecule has 0 radical (unpaired) electrons. The van der Waals surface area contributed by atoms with Crippen LogP contribution in [0.25, 0.3) is 0 Å². The summed E-state index contributed by atoms with van der Waals surface area (Å²) >= 11 is 0. The maximum Gasteiger partial charge on any atom is 0.329 e. The zero-order valence-corrected chi connectivity index (χ0v) is 32.3. The van der Waals surface area contributed by atoms with Crippen molar-refractivity contribution in [3.8, 4) is 0 Å². The number of hydrogen-bond acceptors (Lipinski definition) is 8. The second-order valence-corrected chi connectivity index (χ2v) is 14.6. The predicted molar refractivity (Wildman–Crippen MR) is 198 cm³/mol. The van der Waals surface area contributed by atoms with Crippen LogP contribution in [0.5, 0.6) is 0 Å². The lowest BCUT2D eigenvalue weighted by Gasteiger charge is -2.34. The van der Waals surface area contributed by atoms with E-state index in [0.29, 0.717) is 51.7 Å². The van der Waals surface area contributed by atoms with Gasteiger partial charge in [0, 0.05) is 63.8 Å². The number of aromatic nitrogens is 2. The third kappa shape index (κ3) is 15.4. The first-order valence-corrected chi connectivity index (χ1v) is 18.5. The van der Waals surface area contributed by atoms with Gasteiger partial charge in [-0.3, -0.25) is 24.2 Å². The van der Waals surface area contributed by atoms with E-state index < -0.39 is 18.4 Å². The fourth-order valence-corrected chi connectivity index (χ4v) is 6.10. The number of likely N-dealkylation sites (tertiary alicyclic amines) is 2. The highest BCUT2D eigenvalue weighted by molar-refractivity contribution is 5.74. The van der Waals surface area contributed by atoms with E-state index in [1.54, 1.807) is 31.5 Å². The number of aromatic amines is 1. The van der Waals surface area contributed by atoms with Crippen LogP contribution in [-0.2, 0) is 31.9 Å². The maximum atomic E-state index is 12.9. The van der Waals surface area contributed by atoms with Gasteiger partial charge >= 0.3 is 11.9 Å². The largest absolute Gasteiger partial charge is 0.466 e. The molecule has 0 saturated carbocycles. The van der Waals surface area contributed by atoms with Gasteiger partial charge < -0.3 is 19.0 Å². The number of nitrogens with zero attached hydrogens (tertiary/aromatic N) is 3. The van der Waals surface area contributed by atoms with E-state index in [4.69, 9.17) is 9.47 Å². The third-order valence-corrected chi connectivity index (χ3v) is 8.96. The molecule has 51 heavy (non-hydrogen) atoms. The zero-order valence-electron chi connectivity index (χ0n) is 32.3. The molecule has 0 bridgehead atoms. The molecule has 2 atom stereocenters. The Bertz CT molecular complexity index is 1480. The Balaban J connectivity index is 0.000000294. The number of halogens is 2. The van der Waals surface area contributed by atoms with Gasteiger partial charge in [-0.05, 0) is 87.5 Å². The Morgan fingerprint density at radius 2 is 1.27 bits per heavy atom. The Kier molecular flexibility index (Phi) is 18.8. The first-order valence-electron chi connectivity index (χ1n) is 18.5. The lowest BCUT2D eigenvalue weighted by Crippen LogP contribution is -2.49. The molecule has 2 aliphatic heterocycles. The van der Waals surface area contributed by atoms with E-state index in [2.05, 4.69) is 28.6 Å². The average molecular weight is 721 g/mol. The average Bonchev–Trinajstić information content (AvgIpc) is 3.01. The molecule has 0 amide bonds. The number of H-pyrrole nitrogens is 1. The van der Waals surface area contributed by atoms with Crippen molar-refractivity contribution in [1.29, 1.82) is 0 Å². The molecule has 2 unspecified atom stereocenters. The lowest BCUT2D eigenvalue weighted by molar-refractivity contribution is -0.148. The number of carbonyl (C=O) groups excluding carboxylic acids is 2. The number of hydrogen-bond donors (Lipinski definition) is 1. The van der Waals surface area contributed by atoms with Crippen molar-refractivity contribution in [3.05, 3.63) is 67.5 Å². The monoisotopic (exact) mass is 720 g/mol. The van der Waals surface area contributed by atoms with Gasteiger partial charge in [0.25, 0.3) is 5.56 Å². The Hall–Kier alpha value is -3.38. The molecule has 1 N–H and O–H groups in total. The second-order valence-electron chi connectivity index (χ2n) is 14.6. The Labute approximate surface area is 302 Å². The van der Waals surface area contributed by atoms with E-state index in [1.165, 1.54) is 4.57 Å². The number of aryl methyl sites for hydroxylation is 2. The predicted octanol–water partition coefficient (Wildman–Crippen LogP) is 5.61. The summed E-state index contributed by atoms with van der Waals surface area (Å²) in [6.07, 6.45) is 5.26. The van der Waals surface area contributed by atoms with E-state index in [0.717, 1.165) is 54.6 Å². The molecular formula is C39H62F2N4O6. The standard InChI is InChI=1S/C19H29FN2O3.C11H15FN2O.C9H18O2/c1-5-25-19(24)17(8-13(2)3)22-10-15(14(4)9-18(22)23)6-7-21-11-16(20)12-21;1-8-4-11(15)13-5-9(8)2-3-14-6-10(12)7-14;1-5-11-9(10)8(4)6-7(2)3/h9-10,13,16-17H,5-8,11-12H2,1-4H3;4-5,10H,2-3,6-7H2,1H3,(H,13,15);7-8H,5-6H2,1-4H3. The van der Waals surface area contributed by atoms with Gasteiger partial charge in [0.1, 0.15) is 18.4 Å². The van der Waals surface area contributed by atoms with Gasteiger partial charge in [0.05, 0.1) is 19.1 Å². The van der Waals surface area contributed by atoms with Crippen LogP contribution in [0.2, 0.25) is 0 Å². The molecule has 2 aliphatic rings. The molecule has 0 aliphatic carbocycles. The quantitative estimate of drug-likeness (QED) is 0.236. The van der Waals surface area contributed by atoms with Crippen molar-refractivity contribution in [2.24, 2.45) is 17.8 Å². The molecule has 2 aromatic heterocycles. The van der Waals surface area contributed by atoms with Crippen molar-refractivity contribution < 1.29 is 27.8 Å². The minimum atomic E-state index is -0.714. The molecular weight excluding hydrogens is 658 g/mol. The lowest BCUT2D eigenvalue weighted by atomic mass is 9.99. The fraction of sp³-hybridized carbons (Fsp3) is 0.692. The van der Waals surface area contributed by atoms with Crippen LogP contribution in [0.1, 0.15) is 89.6 Å². The third-order valence-electron chi connectivity index (χ3n) is 8.96. The molecule has 2 saturated heterocycles. The summed E-state index contributed by atoms with van der Waals surface area (Å²) in [5.74, 6) is 0.440. The van der Waals surface area contributed by atoms with Crippen molar-refractivity contribution >= 4 is 11.9 Å². The van der Waals surface area contributed by atoms with Crippen LogP contribution in [-0.4, -0.2) is 96.1 Å². The van der Waals surface area contributed by atoms with Crippen LogP contribution in [0.4, 0.5) is 8.78 Å². The van der Waals surface area contributed by atoms with E-state index in [9.17, 15) is 28.0 Å². The highest BCUT2D eigenvalue weighted by atomic mass is 19.1. The molecule has 2 fully saturated rings. The van der Waals surface area contributed by atoms with E-state index in [-0.39, 0.29) is 34.9 Å². The Morgan fingerprint density at radius 3 is 1.75 bits per heavy atom. The molecule has 2 aromatic rings. The summed E-state index contributed by atoms with van der Waals surface area (Å²) in [6.45, 7) is 22.1. The summed E-state index contributed by atoms with van der Waals surface area (Å²) in [4.78, 5) is 53.6. The highest BCUT2D eigenvalue weighted by Crippen LogP contribution is 2.21. The molecule has 12 heteroatoms. The van der Waals surface area contributed by atoms with Gasteiger partial charge in [-0.1, -0.05) is 34.6 Å². The number of pyridine rings is 2. The smallest absolute Gasteiger partial charge is 0.329 e. The normalized spacial score (nSPS) is 16.3. The van der Waals surface area contributed by atoms with Crippen LogP contribution in [0.3, 0.4) is 0 Å². The first kappa shape index (κ1) is 43.8. The van der Waals surface area contributed by atoms with Crippen LogP contribution < -0.4 is 11.1 Å². The van der Waals surface area contributed by atoms with Crippen molar-refractivity contribution in [2.75, 3.05) is 52.5 Å². The van der Waals surface area contributed by atoms with E-state index in [1.807, 2.05) is 41.5 Å². The second kappa shape index (κ2) is 21.9. The topological polar surface area (TPSA) is 114 Å². The number of esters is 2. The zero-order chi connectivity index (χ0) is 38.2. The Morgan fingerprint density at radius 1 is 0.784 bits per heavy atom. The van der Waals surface area contributed by atoms with Gasteiger partial charge in [-0.25, -0.2) is 13.6 Å². The van der Waals surface area contributed by atoms with Gasteiger partial charge in [-0.15, -0.1) is 0 Å². The number of rotatable bonds is 15. The summed E-state index contributed by atoms with van der Waals surface area (Å²) in [5.41, 5.74) is 3.82. The van der Waals surface area contributed by atoms with Gasteiger partial charge in [0.2, 0.25) is 5.56 Å². The van der Waals surface area contributed by atoms with Crippen molar-refractivity contribution in [1.82, 2.24) is 19.4 Å². The fourth-order valence-electron chi connectivity index (χ4n) is 6.10. The summed E-state index contributed by atoms with van der Waals surface area (Å²) in [5, 5.41) is 0. The van der Waals surface area contributed by atoms with E-state index >= 15 is 0 Å². The number of nitrogens with one attached hydrogen (secondary N) is 1. The molecule has 10 nitrogen and oxygen atoms in total. The summed E-state index contributed by atoms with van der Waals surface area (Å²) < 4.78 is 37.0. The summed E-state index contributed by atoms with van der Waals surface area (Å²) in [6, 6.07) is 2.57. The van der Waals surface area contributed by atoms with Crippen LogP contribution >= 0.6 is 0 Å². The molecule has 4 rings (SSSR count). The maximum absolute atomic E-state index is 12.9. The number of alkyl halides is 2. The molecule has 4 heterocycles. The van der Waals surface area contributed by atoms with Crippen LogP contribution in [0, 0.1) is 31.6 Å². The van der Waals surface area contributed by atoms with Crippen molar-refractivity contribution in [2.45, 2.75) is 106 Å². The highest BCUT2D eigenvalue weighted by Gasteiger charge is 2.27. The minimum Gasteiger partial charge on any atom is -0.466 e. The van der Waals surface area contributed by atoms with Crippen molar-refractivity contribution in [3.63, 3.8) is 0 Å². The van der Waals surface area contributed by atoms with Gasteiger partial charge in [0.15, 0.2) is 0 Å². The minimum absolute atomic E-state index is 0.0509. The number of carbonyl (C=O) groups is 2. The number of ether oxygens (including phenoxy) is 2. The van der Waals surface area contributed by atoms with Gasteiger partial charge in [-0.2, -0.15) is 0 Å². The van der Waals surface area contributed by atoms with Crippen LogP contribution in [0.15, 0.2) is 34.1 Å². The molecule has 0 spiro atoms. The first-order chi connectivity index (χ1) is 24.0.